The molecule has 0 aliphatic heterocycles. The largest absolute Gasteiger partial charge is 0.487 e. The van der Waals surface area contributed by atoms with Gasteiger partial charge < -0.3 is 4.74 Å². The predicted molar refractivity (Wildman–Crippen MR) is 72.0 cm³/mol. The van der Waals surface area contributed by atoms with Crippen molar-refractivity contribution in [3.63, 3.8) is 0 Å². The molecule has 4 heteroatoms. The summed E-state index contributed by atoms with van der Waals surface area (Å²) in [6.45, 7) is 0.343. The molecule has 0 radical (unpaired) electrons. The molecule has 0 aliphatic rings. The van der Waals surface area contributed by atoms with E-state index in [2.05, 4.69) is 6.07 Å². The van der Waals surface area contributed by atoms with E-state index in [0.717, 1.165) is 5.56 Å². The van der Waals surface area contributed by atoms with Crippen molar-refractivity contribution in [3.05, 3.63) is 63.6 Å². The van der Waals surface area contributed by atoms with E-state index in [4.69, 9.17) is 33.2 Å². The summed E-state index contributed by atoms with van der Waals surface area (Å²) in [4.78, 5) is 0. The third-order valence-electron chi connectivity index (χ3n) is 2.35. The molecule has 0 fully saturated rings. The van der Waals surface area contributed by atoms with Gasteiger partial charge in [0.25, 0.3) is 0 Å². The summed E-state index contributed by atoms with van der Waals surface area (Å²) in [7, 11) is 0. The Labute approximate surface area is 115 Å². The zero-order valence-electron chi connectivity index (χ0n) is 9.36. The second-order valence-corrected chi connectivity index (χ2v) is 4.54. The molecule has 18 heavy (non-hydrogen) atoms. The van der Waals surface area contributed by atoms with Crippen molar-refractivity contribution in [2.24, 2.45) is 0 Å². The normalized spacial score (nSPS) is 9.83. The number of ether oxygens (including phenoxy) is 1. The standard InChI is InChI=1S/C14H9Cl2NO/c15-12-3-1-2-10(6-12)9-18-14-7-13(16)5-4-11(14)8-17/h1-7H,9H2. The first-order valence-corrected chi connectivity index (χ1v) is 6.01. The van der Waals surface area contributed by atoms with Crippen molar-refractivity contribution in [2.75, 3.05) is 0 Å². The van der Waals surface area contributed by atoms with Gasteiger partial charge in [-0.1, -0.05) is 35.3 Å². The number of hydrogen-bond donors (Lipinski definition) is 0. The summed E-state index contributed by atoms with van der Waals surface area (Å²) in [6, 6.07) is 14.4. The summed E-state index contributed by atoms with van der Waals surface area (Å²) in [5.74, 6) is 0.477. The number of hydrogen-bond acceptors (Lipinski definition) is 2. The zero-order valence-corrected chi connectivity index (χ0v) is 10.9. The summed E-state index contributed by atoms with van der Waals surface area (Å²) < 4.78 is 5.58. The minimum absolute atomic E-state index is 0.343. The first-order chi connectivity index (χ1) is 8.69. The number of halogens is 2. The van der Waals surface area contributed by atoms with Gasteiger partial charge in [-0.2, -0.15) is 5.26 Å². The van der Waals surface area contributed by atoms with E-state index >= 15 is 0 Å². The average Bonchev–Trinajstić information content (AvgIpc) is 2.37. The number of nitriles is 1. The van der Waals surface area contributed by atoms with Crippen LogP contribution in [0.4, 0.5) is 0 Å². The molecule has 0 aliphatic carbocycles. The highest BCUT2D eigenvalue weighted by Crippen LogP contribution is 2.24. The Bertz CT molecular complexity index is 605. The first-order valence-electron chi connectivity index (χ1n) is 5.26. The Kier molecular flexibility index (Phi) is 4.09. The van der Waals surface area contributed by atoms with Crippen molar-refractivity contribution in [1.82, 2.24) is 0 Å². The van der Waals surface area contributed by atoms with E-state index in [1.165, 1.54) is 0 Å². The van der Waals surface area contributed by atoms with Crippen LogP contribution < -0.4 is 4.74 Å². The maximum atomic E-state index is 8.96. The summed E-state index contributed by atoms with van der Waals surface area (Å²) in [5.41, 5.74) is 1.40. The highest BCUT2D eigenvalue weighted by molar-refractivity contribution is 6.31. The Balaban J connectivity index is 2.15. The van der Waals surface area contributed by atoms with Crippen LogP contribution in [0.5, 0.6) is 5.75 Å². The quantitative estimate of drug-likeness (QED) is 0.831. The zero-order chi connectivity index (χ0) is 13.0. The molecule has 0 N–H and O–H groups in total. The van der Waals surface area contributed by atoms with Crippen LogP contribution in [-0.2, 0) is 6.61 Å². The lowest BCUT2D eigenvalue weighted by Crippen LogP contribution is -1.97. The number of benzene rings is 2. The van der Waals surface area contributed by atoms with Crippen molar-refractivity contribution in [1.29, 1.82) is 5.26 Å². The van der Waals surface area contributed by atoms with Gasteiger partial charge in [-0.15, -0.1) is 0 Å². The van der Waals surface area contributed by atoms with Crippen LogP contribution in [0.25, 0.3) is 0 Å². The highest BCUT2D eigenvalue weighted by atomic mass is 35.5. The van der Waals surface area contributed by atoms with Gasteiger partial charge >= 0.3 is 0 Å². The van der Waals surface area contributed by atoms with Crippen LogP contribution in [0.2, 0.25) is 10.0 Å². The van der Waals surface area contributed by atoms with Gasteiger partial charge in [-0.3, -0.25) is 0 Å². The molecule has 2 rings (SSSR count). The lowest BCUT2D eigenvalue weighted by Gasteiger charge is -2.08. The molecule has 0 heterocycles. The van der Waals surface area contributed by atoms with E-state index < -0.39 is 0 Å². The van der Waals surface area contributed by atoms with E-state index in [1.807, 2.05) is 18.2 Å². The Hall–Kier alpha value is -1.69. The van der Waals surface area contributed by atoms with Crippen LogP contribution in [0.1, 0.15) is 11.1 Å². The van der Waals surface area contributed by atoms with Gasteiger partial charge in [0.15, 0.2) is 0 Å². The Morgan fingerprint density at radius 3 is 2.56 bits per heavy atom. The fraction of sp³-hybridized carbons (Fsp3) is 0.0714. The topological polar surface area (TPSA) is 33.0 Å². The summed E-state index contributed by atoms with van der Waals surface area (Å²) >= 11 is 11.8. The van der Waals surface area contributed by atoms with E-state index in [9.17, 15) is 0 Å². The van der Waals surface area contributed by atoms with Gasteiger partial charge in [0.05, 0.1) is 5.56 Å². The molecule has 0 saturated heterocycles. The van der Waals surface area contributed by atoms with Crippen LogP contribution in [0, 0.1) is 11.3 Å². The lowest BCUT2D eigenvalue weighted by atomic mass is 10.2. The molecule has 2 nitrogen and oxygen atoms in total. The van der Waals surface area contributed by atoms with Crippen molar-refractivity contribution in [2.45, 2.75) is 6.61 Å². The van der Waals surface area contributed by atoms with Crippen LogP contribution in [0.15, 0.2) is 42.5 Å². The Morgan fingerprint density at radius 1 is 1.06 bits per heavy atom. The molecule has 2 aromatic rings. The minimum atomic E-state index is 0.343. The van der Waals surface area contributed by atoms with Gasteiger partial charge in [0, 0.05) is 16.1 Å². The maximum absolute atomic E-state index is 8.96. The second kappa shape index (κ2) is 5.77. The van der Waals surface area contributed by atoms with Crippen LogP contribution >= 0.6 is 23.2 Å². The van der Waals surface area contributed by atoms with Crippen molar-refractivity contribution < 1.29 is 4.74 Å². The predicted octanol–water partition coefficient (Wildman–Crippen LogP) is 4.44. The molecule has 0 atom stereocenters. The summed E-state index contributed by atoms with van der Waals surface area (Å²) in [5, 5.41) is 10.1. The van der Waals surface area contributed by atoms with E-state index in [0.29, 0.717) is 28.0 Å². The summed E-state index contributed by atoms with van der Waals surface area (Å²) in [6.07, 6.45) is 0. The second-order valence-electron chi connectivity index (χ2n) is 3.67. The number of nitrogens with zero attached hydrogens (tertiary/aromatic N) is 1. The van der Waals surface area contributed by atoms with Crippen molar-refractivity contribution in [3.8, 4) is 11.8 Å². The monoisotopic (exact) mass is 277 g/mol. The molecule has 0 amide bonds. The molecular formula is C14H9Cl2NO. The van der Waals surface area contributed by atoms with Crippen LogP contribution in [-0.4, -0.2) is 0 Å². The van der Waals surface area contributed by atoms with Gasteiger partial charge in [-0.05, 0) is 29.8 Å². The SMILES string of the molecule is N#Cc1ccc(Cl)cc1OCc1cccc(Cl)c1. The number of rotatable bonds is 3. The molecule has 90 valence electrons. The first kappa shape index (κ1) is 12.8. The minimum Gasteiger partial charge on any atom is -0.487 e. The third-order valence-corrected chi connectivity index (χ3v) is 2.82. The maximum Gasteiger partial charge on any atom is 0.139 e. The average molecular weight is 278 g/mol. The third kappa shape index (κ3) is 3.16. The van der Waals surface area contributed by atoms with Crippen molar-refractivity contribution >= 4 is 23.2 Å². The molecule has 0 aromatic heterocycles. The molecule has 0 spiro atoms. The smallest absolute Gasteiger partial charge is 0.139 e. The van der Waals surface area contributed by atoms with Gasteiger partial charge in [0.1, 0.15) is 18.4 Å². The molecular weight excluding hydrogens is 269 g/mol. The molecule has 0 unspecified atom stereocenters. The molecule has 0 bridgehead atoms. The van der Waals surface area contributed by atoms with E-state index in [1.54, 1.807) is 24.3 Å². The van der Waals surface area contributed by atoms with Crippen LogP contribution in [0.3, 0.4) is 0 Å². The highest BCUT2D eigenvalue weighted by Gasteiger charge is 2.04. The lowest BCUT2D eigenvalue weighted by molar-refractivity contribution is 0.305. The van der Waals surface area contributed by atoms with Gasteiger partial charge in [0.2, 0.25) is 0 Å². The molecule has 0 saturated carbocycles. The van der Waals surface area contributed by atoms with Gasteiger partial charge in [-0.25, -0.2) is 0 Å². The molecule has 2 aromatic carbocycles. The Morgan fingerprint density at radius 2 is 1.83 bits per heavy atom. The van der Waals surface area contributed by atoms with E-state index in [-0.39, 0.29) is 0 Å². The fourth-order valence-corrected chi connectivity index (χ4v) is 1.87. The fourth-order valence-electron chi connectivity index (χ4n) is 1.50.